The summed E-state index contributed by atoms with van der Waals surface area (Å²) < 4.78 is 2.86. The van der Waals surface area contributed by atoms with Crippen molar-refractivity contribution in [3.63, 3.8) is 0 Å². The minimum Gasteiger partial charge on any atom is -0.298 e. The lowest BCUT2D eigenvalue weighted by Crippen LogP contribution is -2.20. The van der Waals surface area contributed by atoms with E-state index in [1.165, 1.54) is 24.0 Å². The molecule has 0 aliphatic rings. The number of allylic oxidation sites excluding steroid dienone is 1. The van der Waals surface area contributed by atoms with Gasteiger partial charge in [-0.3, -0.25) is 19.5 Å². The Bertz CT molecular complexity index is 1180. The van der Waals surface area contributed by atoms with Gasteiger partial charge in [0.1, 0.15) is 0 Å². The number of amides is 1. The maximum atomic E-state index is 12.2. The van der Waals surface area contributed by atoms with Crippen LogP contribution in [-0.4, -0.2) is 37.6 Å². The predicted octanol–water partition coefficient (Wildman–Crippen LogP) is 4.43. The Morgan fingerprint density at radius 3 is 2.69 bits per heavy atom. The molecule has 0 atom stereocenters. The predicted molar refractivity (Wildman–Crippen MR) is 128 cm³/mol. The SMILES string of the molecule is C=C(C)Cn1c(SCC(=O)N/N=C/c2ccccc2[N+](=O)[O-])nnc1-c1ccc(Br)cc1. The minimum atomic E-state index is -0.504. The van der Waals surface area contributed by atoms with Crippen LogP contribution in [0.1, 0.15) is 12.5 Å². The molecule has 0 aliphatic heterocycles. The number of hydrogen-bond acceptors (Lipinski definition) is 7. The molecule has 1 amide bonds. The first-order chi connectivity index (χ1) is 15.3. The first-order valence-electron chi connectivity index (χ1n) is 9.37. The van der Waals surface area contributed by atoms with Crippen LogP contribution in [0, 0.1) is 10.1 Å². The lowest BCUT2D eigenvalue weighted by Gasteiger charge is -2.10. The van der Waals surface area contributed by atoms with E-state index in [1.807, 2.05) is 35.8 Å². The number of halogens is 1. The van der Waals surface area contributed by atoms with E-state index in [2.05, 4.69) is 43.2 Å². The number of rotatable bonds is 9. The van der Waals surface area contributed by atoms with Gasteiger partial charge in [0.15, 0.2) is 11.0 Å². The Kier molecular flexibility index (Phi) is 7.90. The molecule has 0 bridgehead atoms. The van der Waals surface area contributed by atoms with Crippen LogP contribution in [0.5, 0.6) is 0 Å². The van der Waals surface area contributed by atoms with Crippen molar-refractivity contribution in [3.8, 4) is 11.4 Å². The molecule has 0 unspecified atom stereocenters. The zero-order chi connectivity index (χ0) is 23.1. The third-order valence-electron chi connectivity index (χ3n) is 4.11. The fourth-order valence-corrected chi connectivity index (χ4v) is 3.71. The normalized spacial score (nSPS) is 10.9. The number of aromatic nitrogens is 3. The quantitative estimate of drug-likeness (QED) is 0.148. The van der Waals surface area contributed by atoms with Crippen LogP contribution in [0.2, 0.25) is 0 Å². The first kappa shape index (κ1) is 23.4. The van der Waals surface area contributed by atoms with Gasteiger partial charge in [-0.25, -0.2) is 5.43 Å². The highest BCUT2D eigenvalue weighted by Crippen LogP contribution is 2.26. The summed E-state index contributed by atoms with van der Waals surface area (Å²) in [6.07, 6.45) is 1.25. The molecule has 0 saturated carbocycles. The second kappa shape index (κ2) is 10.8. The summed E-state index contributed by atoms with van der Waals surface area (Å²) in [5.74, 6) is 0.348. The number of hydrogen-bond donors (Lipinski definition) is 1. The van der Waals surface area contributed by atoms with Crippen molar-refractivity contribution in [3.05, 3.63) is 80.8 Å². The highest BCUT2D eigenvalue weighted by atomic mass is 79.9. The Morgan fingerprint density at radius 1 is 1.28 bits per heavy atom. The fourth-order valence-electron chi connectivity index (χ4n) is 2.72. The van der Waals surface area contributed by atoms with Crippen molar-refractivity contribution in [1.29, 1.82) is 0 Å². The van der Waals surface area contributed by atoms with Crippen LogP contribution in [0.3, 0.4) is 0 Å². The lowest BCUT2D eigenvalue weighted by molar-refractivity contribution is -0.385. The number of nitrogens with one attached hydrogen (secondary N) is 1. The zero-order valence-electron chi connectivity index (χ0n) is 17.1. The topological polar surface area (TPSA) is 115 Å². The van der Waals surface area contributed by atoms with Crippen LogP contribution in [0.25, 0.3) is 11.4 Å². The number of para-hydroxylation sites is 1. The maximum Gasteiger partial charge on any atom is 0.278 e. The molecule has 32 heavy (non-hydrogen) atoms. The van der Waals surface area contributed by atoms with Gasteiger partial charge in [-0.1, -0.05) is 64.1 Å². The summed E-state index contributed by atoms with van der Waals surface area (Å²) in [6.45, 7) is 6.38. The molecule has 0 radical (unpaired) electrons. The Morgan fingerprint density at radius 2 is 2.00 bits per heavy atom. The average molecular weight is 515 g/mol. The third-order valence-corrected chi connectivity index (χ3v) is 5.60. The molecule has 1 N–H and O–H groups in total. The van der Waals surface area contributed by atoms with Gasteiger partial charge in [-0.05, 0) is 25.1 Å². The van der Waals surface area contributed by atoms with Gasteiger partial charge in [-0.2, -0.15) is 5.10 Å². The van der Waals surface area contributed by atoms with Crippen molar-refractivity contribution in [2.24, 2.45) is 5.10 Å². The van der Waals surface area contributed by atoms with Gasteiger partial charge in [0.2, 0.25) is 0 Å². The van der Waals surface area contributed by atoms with Crippen LogP contribution in [-0.2, 0) is 11.3 Å². The number of nitro benzene ring substituents is 1. The molecule has 2 aromatic carbocycles. The van der Waals surface area contributed by atoms with E-state index in [-0.39, 0.29) is 17.3 Å². The molecule has 0 spiro atoms. The average Bonchev–Trinajstić information content (AvgIpc) is 3.14. The number of hydrazone groups is 1. The van der Waals surface area contributed by atoms with E-state index in [1.54, 1.807) is 18.2 Å². The maximum absolute atomic E-state index is 12.2. The Labute approximate surface area is 196 Å². The monoisotopic (exact) mass is 514 g/mol. The lowest BCUT2D eigenvalue weighted by atomic mass is 10.2. The molecule has 0 fully saturated rings. The molecule has 0 aliphatic carbocycles. The molecular formula is C21H19BrN6O3S. The van der Waals surface area contributed by atoms with Crippen molar-refractivity contribution < 1.29 is 9.72 Å². The Hall–Kier alpha value is -3.31. The van der Waals surface area contributed by atoms with E-state index < -0.39 is 4.92 Å². The standard InChI is InChI=1S/C21H19BrN6O3S/c1-14(2)12-27-20(15-7-9-17(22)10-8-15)25-26-21(27)32-13-19(29)24-23-11-16-5-3-4-6-18(16)28(30)31/h3-11H,1,12-13H2,2H3,(H,24,29)/b23-11+. The van der Waals surface area contributed by atoms with Crippen LogP contribution < -0.4 is 5.43 Å². The van der Waals surface area contributed by atoms with E-state index in [0.29, 0.717) is 23.1 Å². The molecule has 1 heterocycles. The molecule has 0 saturated heterocycles. The Balaban J connectivity index is 1.67. The number of nitro groups is 1. The summed E-state index contributed by atoms with van der Waals surface area (Å²) in [5, 5.41) is 23.9. The highest BCUT2D eigenvalue weighted by molar-refractivity contribution is 9.10. The summed E-state index contributed by atoms with van der Waals surface area (Å²) >= 11 is 4.63. The van der Waals surface area contributed by atoms with E-state index in [9.17, 15) is 14.9 Å². The summed E-state index contributed by atoms with van der Waals surface area (Å²) in [5.41, 5.74) is 4.40. The molecule has 1 aromatic heterocycles. The first-order valence-corrected chi connectivity index (χ1v) is 11.1. The molecule has 164 valence electrons. The van der Waals surface area contributed by atoms with Crippen molar-refractivity contribution in [2.75, 3.05) is 5.75 Å². The van der Waals surface area contributed by atoms with Gasteiger partial charge < -0.3 is 0 Å². The molecule has 11 heteroatoms. The summed E-state index contributed by atoms with van der Waals surface area (Å²) in [7, 11) is 0. The number of thioether (sulfide) groups is 1. The smallest absolute Gasteiger partial charge is 0.278 e. The fraction of sp³-hybridized carbons (Fsp3) is 0.143. The highest BCUT2D eigenvalue weighted by Gasteiger charge is 2.16. The van der Waals surface area contributed by atoms with Gasteiger partial charge in [0.25, 0.3) is 11.6 Å². The second-order valence-corrected chi connectivity index (χ2v) is 8.61. The zero-order valence-corrected chi connectivity index (χ0v) is 19.5. The second-order valence-electron chi connectivity index (χ2n) is 6.75. The molecule has 3 aromatic rings. The van der Waals surface area contributed by atoms with Gasteiger partial charge in [-0.15, -0.1) is 10.2 Å². The van der Waals surface area contributed by atoms with Crippen molar-refractivity contribution in [2.45, 2.75) is 18.6 Å². The van der Waals surface area contributed by atoms with E-state index in [0.717, 1.165) is 15.6 Å². The minimum absolute atomic E-state index is 0.0445. The number of benzene rings is 2. The van der Waals surface area contributed by atoms with Gasteiger partial charge >= 0.3 is 0 Å². The van der Waals surface area contributed by atoms with Gasteiger partial charge in [0, 0.05) is 22.6 Å². The van der Waals surface area contributed by atoms with Gasteiger partial charge in [0.05, 0.1) is 22.5 Å². The van der Waals surface area contributed by atoms with E-state index in [4.69, 9.17) is 0 Å². The number of carbonyl (C=O) groups is 1. The van der Waals surface area contributed by atoms with Crippen LogP contribution >= 0.6 is 27.7 Å². The summed E-state index contributed by atoms with van der Waals surface area (Å²) in [4.78, 5) is 22.7. The van der Waals surface area contributed by atoms with E-state index >= 15 is 0 Å². The number of carbonyl (C=O) groups excluding carboxylic acids is 1. The third kappa shape index (κ3) is 6.11. The van der Waals surface area contributed by atoms with Crippen LogP contribution in [0.4, 0.5) is 5.69 Å². The largest absolute Gasteiger partial charge is 0.298 e. The summed E-state index contributed by atoms with van der Waals surface area (Å²) in [6, 6.07) is 13.8. The van der Waals surface area contributed by atoms with Crippen molar-refractivity contribution in [1.82, 2.24) is 20.2 Å². The molecule has 3 rings (SSSR count). The van der Waals surface area contributed by atoms with Crippen LogP contribution in [0.15, 0.2) is 75.4 Å². The number of nitrogens with zero attached hydrogens (tertiary/aromatic N) is 5. The molecular weight excluding hydrogens is 496 g/mol. The van der Waals surface area contributed by atoms with Crippen molar-refractivity contribution >= 4 is 45.5 Å². The molecule has 9 nitrogen and oxygen atoms in total.